The number of rotatable bonds is 11. The van der Waals surface area contributed by atoms with Crippen LogP contribution in [0.3, 0.4) is 0 Å². The van der Waals surface area contributed by atoms with E-state index in [0.717, 1.165) is 18.4 Å². The van der Waals surface area contributed by atoms with Crippen molar-refractivity contribution in [2.45, 2.75) is 39.8 Å². The molecule has 0 fully saturated rings. The highest BCUT2D eigenvalue weighted by Gasteiger charge is 2.24. The number of carbonyl (C=O) groups is 1. The Morgan fingerprint density at radius 2 is 1.91 bits per heavy atom. The third kappa shape index (κ3) is 5.70. The molecule has 0 atom stereocenters. The van der Waals surface area contributed by atoms with Crippen LogP contribution in [-0.2, 0) is 17.9 Å². The summed E-state index contributed by atoms with van der Waals surface area (Å²) >= 11 is 0. The molecule has 0 saturated carbocycles. The van der Waals surface area contributed by atoms with Crippen LogP contribution in [0.15, 0.2) is 27.8 Å². The minimum atomic E-state index is -0.671. The van der Waals surface area contributed by atoms with Crippen molar-refractivity contribution in [2.24, 2.45) is 0 Å². The van der Waals surface area contributed by atoms with Crippen LogP contribution in [-0.4, -0.2) is 54.7 Å². The molecule has 0 saturated heterocycles. The normalized spacial score (nSPS) is 10.9. The fourth-order valence-electron chi connectivity index (χ4n) is 3.48. The van der Waals surface area contributed by atoms with Crippen molar-refractivity contribution in [2.75, 3.05) is 45.0 Å². The molecule has 1 heterocycles. The molecular formula is C22H33N5O5. The Hall–Kier alpha value is -3.27. The Bertz CT molecular complexity index is 1050. The van der Waals surface area contributed by atoms with E-state index in [1.807, 2.05) is 24.0 Å². The lowest BCUT2D eigenvalue weighted by molar-refractivity contribution is -0.119. The maximum absolute atomic E-state index is 13.1. The molecule has 1 amide bonds. The van der Waals surface area contributed by atoms with Crippen LogP contribution in [0, 0.1) is 0 Å². The molecule has 0 spiro atoms. The number of methoxy groups -OCH3 is 2. The number of nitrogens with two attached hydrogens (primary N) is 1. The van der Waals surface area contributed by atoms with Gasteiger partial charge in [0, 0.05) is 31.3 Å². The summed E-state index contributed by atoms with van der Waals surface area (Å²) in [6, 6.07) is 5.48. The molecule has 32 heavy (non-hydrogen) atoms. The third-order valence-corrected chi connectivity index (χ3v) is 5.18. The first-order valence-corrected chi connectivity index (χ1v) is 10.6. The van der Waals surface area contributed by atoms with Gasteiger partial charge in [-0.3, -0.25) is 24.0 Å². The minimum Gasteiger partial charge on any atom is -0.497 e. The summed E-state index contributed by atoms with van der Waals surface area (Å²) in [5, 5.41) is 0. The van der Waals surface area contributed by atoms with Crippen LogP contribution < -0.4 is 31.4 Å². The summed E-state index contributed by atoms with van der Waals surface area (Å²) in [5.74, 6) is 1.02. The van der Waals surface area contributed by atoms with Crippen LogP contribution in [0.25, 0.3) is 0 Å². The van der Waals surface area contributed by atoms with Crippen molar-refractivity contribution in [1.82, 2.24) is 14.5 Å². The number of unbranched alkanes of at least 4 members (excludes halogenated alkanes) is 1. The Labute approximate surface area is 187 Å². The number of ether oxygens (including phenoxy) is 2. The largest absolute Gasteiger partial charge is 0.497 e. The number of H-pyrrole nitrogens is 1. The lowest BCUT2D eigenvalue weighted by Crippen LogP contribution is -2.44. The Kier molecular flexibility index (Phi) is 8.89. The molecule has 3 N–H and O–H groups in total. The first-order chi connectivity index (χ1) is 15.3. The molecule has 0 radical (unpaired) electrons. The molecule has 2 aromatic rings. The van der Waals surface area contributed by atoms with Crippen LogP contribution in [0.4, 0.5) is 11.5 Å². The molecule has 0 aliphatic heterocycles. The fourth-order valence-corrected chi connectivity index (χ4v) is 3.48. The molecule has 0 aliphatic carbocycles. The van der Waals surface area contributed by atoms with E-state index >= 15 is 0 Å². The molecule has 2 rings (SSSR count). The molecule has 0 unspecified atom stereocenters. The number of hydrogen-bond donors (Lipinski definition) is 2. The Morgan fingerprint density at radius 1 is 1.19 bits per heavy atom. The molecule has 10 nitrogen and oxygen atoms in total. The number of nitrogen functional groups attached to an aromatic ring is 1. The van der Waals surface area contributed by atoms with Crippen molar-refractivity contribution in [3.05, 3.63) is 44.6 Å². The molecule has 1 aromatic heterocycles. The molecule has 176 valence electrons. The SMILES string of the molecule is CCCCn1c(N)c(N(CC)C(=O)CN(C)Cc2ccc(OC)cc2OC)c(=O)[nH]c1=O. The van der Waals surface area contributed by atoms with Crippen molar-refractivity contribution in [1.29, 1.82) is 0 Å². The van der Waals surface area contributed by atoms with E-state index in [0.29, 0.717) is 24.6 Å². The quantitative estimate of drug-likeness (QED) is 0.534. The van der Waals surface area contributed by atoms with Gasteiger partial charge in [0.15, 0.2) is 5.69 Å². The second-order valence-electron chi connectivity index (χ2n) is 7.49. The van der Waals surface area contributed by atoms with Crippen LogP contribution in [0.1, 0.15) is 32.3 Å². The smallest absolute Gasteiger partial charge is 0.330 e. The topological polar surface area (TPSA) is 123 Å². The predicted octanol–water partition coefficient (Wildman–Crippen LogP) is 1.42. The van der Waals surface area contributed by atoms with Crippen LogP contribution in [0.2, 0.25) is 0 Å². The van der Waals surface area contributed by atoms with Gasteiger partial charge in [-0.2, -0.15) is 0 Å². The highest BCUT2D eigenvalue weighted by Crippen LogP contribution is 2.25. The lowest BCUT2D eigenvalue weighted by atomic mass is 10.1. The zero-order chi connectivity index (χ0) is 23.8. The van der Waals surface area contributed by atoms with Gasteiger partial charge in [-0.15, -0.1) is 0 Å². The van der Waals surface area contributed by atoms with Crippen molar-refractivity contribution < 1.29 is 14.3 Å². The number of aromatic nitrogens is 2. The molecule has 0 aliphatic rings. The summed E-state index contributed by atoms with van der Waals surface area (Å²) in [4.78, 5) is 43.2. The van der Waals surface area contributed by atoms with Crippen LogP contribution in [0.5, 0.6) is 11.5 Å². The van der Waals surface area contributed by atoms with Gasteiger partial charge in [-0.1, -0.05) is 19.4 Å². The first-order valence-electron chi connectivity index (χ1n) is 10.6. The second-order valence-corrected chi connectivity index (χ2v) is 7.49. The number of benzene rings is 1. The molecule has 10 heteroatoms. The highest BCUT2D eigenvalue weighted by molar-refractivity contribution is 5.96. The van der Waals surface area contributed by atoms with E-state index in [1.54, 1.807) is 34.3 Å². The fraction of sp³-hybridized carbons (Fsp3) is 0.500. The van der Waals surface area contributed by atoms with Gasteiger partial charge in [-0.05, 0) is 26.5 Å². The third-order valence-electron chi connectivity index (χ3n) is 5.18. The molecule has 0 bridgehead atoms. The van der Waals surface area contributed by atoms with Gasteiger partial charge in [0.05, 0.1) is 20.8 Å². The summed E-state index contributed by atoms with van der Waals surface area (Å²) in [6.07, 6.45) is 1.58. The van der Waals surface area contributed by atoms with Crippen molar-refractivity contribution in [3.8, 4) is 11.5 Å². The van der Waals surface area contributed by atoms with Gasteiger partial charge in [0.2, 0.25) is 5.91 Å². The number of aromatic amines is 1. The number of carbonyl (C=O) groups excluding carboxylic acids is 1. The molecular weight excluding hydrogens is 414 g/mol. The van der Waals surface area contributed by atoms with Crippen molar-refractivity contribution in [3.63, 3.8) is 0 Å². The second kappa shape index (κ2) is 11.4. The van der Waals surface area contributed by atoms with E-state index in [1.165, 1.54) is 9.47 Å². The monoisotopic (exact) mass is 447 g/mol. The minimum absolute atomic E-state index is 0.00174. The summed E-state index contributed by atoms with van der Waals surface area (Å²) < 4.78 is 11.9. The summed E-state index contributed by atoms with van der Waals surface area (Å²) in [5.41, 5.74) is 5.81. The number of hydrogen-bond acceptors (Lipinski definition) is 7. The van der Waals surface area contributed by atoms with Gasteiger partial charge in [0.25, 0.3) is 5.56 Å². The van der Waals surface area contributed by atoms with E-state index in [2.05, 4.69) is 4.98 Å². The first kappa shape index (κ1) is 25.0. The standard InChI is InChI=1S/C22H33N5O5/c1-6-8-11-27-20(23)19(21(29)24-22(27)30)26(7-2)18(28)14-25(3)13-15-9-10-16(31-4)12-17(15)32-5/h9-10,12H,6-8,11,13-14,23H2,1-5H3,(H,24,29,30). The zero-order valence-electron chi connectivity index (χ0n) is 19.4. The van der Waals surface area contributed by atoms with E-state index < -0.39 is 11.2 Å². The Balaban J connectivity index is 2.25. The van der Waals surface area contributed by atoms with Crippen LogP contribution >= 0.6 is 0 Å². The van der Waals surface area contributed by atoms with Gasteiger partial charge < -0.3 is 20.1 Å². The number of likely N-dealkylation sites (N-methyl/N-ethyl adjacent to an activating group) is 2. The average molecular weight is 448 g/mol. The number of amides is 1. The maximum Gasteiger partial charge on any atom is 0.330 e. The van der Waals surface area contributed by atoms with Crippen molar-refractivity contribution >= 4 is 17.4 Å². The van der Waals surface area contributed by atoms with Gasteiger partial charge in [0.1, 0.15) is 17.3 Å². The number of anilines is 2. The predicted molar refractivity (Wildman–Crippen MR) is 125 cm³/mol. The highest BCUT2D eigenvalue weighted by atomic mass is 16.5. The van der Waals surface area contributed by atoms with E-state index in [9.17, 15) is 14.4 Å². The summed E-state index contributed by atoms with van der Waals surface area (Å²) in [6.45, 7) is 4.83. The van der Waals surface area contributed by atoms with E-state index in [-0.39, 0.29) is 30.5 Å². The lowest BCUT2D eigenvalue weighted by Gasteiger charge is -2.26. The van der Waals surface area contributed by atoms with Gasteiger partial charge in [-0.25, -0.2) is 4.79 Å². The zero-order valence-corrected chi connectivity index (χ0v) is 19.4. The Morgan fingerprint density at radius 3 is 2.50 bits per heavy atom. The summed E-state index contributed by atoms with van der Waals surface area (Å²) in [7, 11) is 4.95. The van der Waals surface area contributed by atoms with E-state index in [4.69, 9.17) is 15.2 Å². The average Bonchev–Trinajstić information content (AvgIpc) is 2.76. The number of nitrogens with one attached hydrogen (secondary N) is 1. The maximum atomic E-state index is 13.1. The van der Waals surface area contributed by atoms with Gasteiger partial charge >= 0.3 is 5.69 Å². The molecule has 1 aromatic carbocycles. The number of nitrogens with zero attached hydrogens (tertiary/aromatic N) is 3.